The lowest BCUT2D eigenvalue weighted by atomic mass is 9.96. The number of primary amides is 1. The van der Waals surface area contributed by atoms with Gasteiger partial charge in [0.2, 0.25) is 59.1 Å². The van der Waals surface area contributed by atoms with Crippen LogP contribution in [-0.4, -0.2) is 172 Å². The molecule has 0 saturated heterocycles. The second-order valence-electron chi connectivity index (χ2n) is 21.5. The molecule has 1 rings (SSSR count). The lowest BCUT2D eigenvalue weighted by molar-refractivity contribution is -0.144. The topological polar surface area (TPSA) is 498 Å². The number of hydrogen-bond donors (Lipinski definition) is 17. The molecule has 0 saturated carbocycles. The first-order valence-corrected chi connectivity index (χ1v) is 28.0. The molecule has 0 unspecified atom stereocenters. The van der Waals surface area contributed by atoms with Gasteiger partial charge in [-0.2, -0.15) is 0 Å². The summed E-state index contributed by atoms with van der Waals surface area (Å²) in [6.45, 7) is 11.0. The number of aliphatic hydroxyl groups is 1. The van der Waals surface area contributed by atoms with Crippen molar-refractivity contribution >= 4 is 71.0 Å². The third-order valence-corrected chi connectivity index (χ3v) is 13.2. The van der Waals surface area contributed by atoms with Gasteiger partial charge in [-0.15, -0.1) is 0 Å². The molecular formula is C54H91N13O16. The number of carboxylic acid groups (broad SMARTS) is 2. The van der Waals surface area contributed by atoms with Crippen LogP contribution in [0.15, 0.2) is 24.3 Å². The summed E-state index contributed by atoms with van der Waals surface area (Å²) in [6.07, 6.45) is 0.322. The van der Waals surface area contributed by atoms with Gasteiger partial charge in [0.15, 0.2) is 0 Å². The van der Waals surface area contributed by atoms with E-state index in [0.717, 1.165) is 0 Å². The van der Waals surface area contributed by atoms with Crippen LogP contribution in [0.1, 0.15) is 131 Å². The van der Waals surface area contributed by atoms with E-state index < -0.39 is 150 Å². The molecule has 0 fully saturated rings. The summed E-state index contributed by atoms with van der Waals surface area (Å²) in [7, 11) is 0. The zero-order chi connectivity index (χ0) is 63.1. The summed E-state index contributed by atoms with van der Waals surface area (Å²) >= 11 is 0. The monoisotopic (exact) mass is 1180 g/mol. The van der Waals surface area contributed by atoms with E-state index in [-0.39, 0.29) is 75.6 Å². The number of carboxylic acids is 2. The molecule has 83 heavy (non-hydrogen) atoms. The molecule has 11 atom stereocenters. The van der Waals surface area contributed by atoms with Gasteiger partial charge in [0.05, 0.1) is 19.1 Å². The highest BCUT2D eigenvalue weighted by atomic mass is 16.4. The van der Waals surface area contributed by atoms with Crippen LogP contribution < -0.4 is 70.8 Å². The van der Waals surface area contributed by atoms with E-state index in [1.54, 1.807) is 41.5 Å². The third-order valence-electron chi connectivity index (χ3n) is 13.2. The highest BCUT2D eigenvalue weighted by molar-refractivity contribution is 5.99. The van der Waals surface area contributed by atoms with Crippen molar-refractivity contribution < 1.29 is 78.0 Å². The molecule has 0 aliphatic rings. The molecule has 21 N–H and O–H groups in total. The molecule has 0 spiro atoms. The summed E-state index contributed by atoms with van der Waals surface area (Å²) in [5.74, 6) is -13.1. The molecule has 29 nitrogen and oxygen atoms in total. The maximum absolute atomic E-state index is 14.3. The smallest absolute Gasteiger partial charge is 0.326 e. The molecule has 0 bridgehead atoms. The zero-order valence-corrected chi connectivity index (χ0v) is 48.6. The minimum Gasteiger partial charge on any atom is -0.508 e. The Morgan fingerprint density at radius 2 is 0.940 bits per heavy atom. The van der Waals surface area contributed by atoms with E-state index in [2.05, 4.69) is 47.9 Å². The molecule has 1 aromatic carbocycles. The van der Waals surface area contributed by atoms with Crippen LogP contribution in [0, 0.1) is 17.8 Å². The SMILES string of the molecule is CC[C@H](C)[C@H](NC(=O)[C@H](Cc1ccc(O)cc1)NC(=O)[C@@H](N)CCC(N)=O)C(=O)N[C@@H](CCCCN)C(=O)N[C@@H](CCCCN)C(=O)N[C@@H](C)C(=O)N[C@@H](CC(C)C)C(=O)N[C@@H](CC(=O)O)C(=O)N[C@@H](CO)C(=O)N[C@@H](CC(C)C)C(=O)O. The Morgan fingerprint density at radius 3 is 1.43 bits per heavy atom. The fourth-order valence-electron chi connectivity index (χ4n) is 8.26. The van der Waals surface area contributed by atoms with Crippen LogP contribution in [0.25, 0.3) is 0 Å². The molecule has 10 amide bonds. The van der Waals surface area contributed by atoms with E-state index in [4.69, 9.17) is 22.9 Å². The van der Waals surface area contributed by atoms with Gasteiger partial charge in [-0.05, 0) is 113 Å². The van der Waals surface area contributed by atoms with E-state index in [0.29, 0.717) is 37.7 Å². The normalized spacial score (nSPS) is 15.2. The third kappa shape index (κ3) is 28.4. The second-order valence-corrected chi connectivity index (χ2v) is 21.5. The maximum atomic E-state index is 14.3. The maximum Gasteiger partial charge on any atom is 0.326 e. The lowest BCUT2D eigenvalue weighted by Gasteiger charge is -2.29. The first-order chi connectivity index (χ1) is 39.0. The van der Waals surface area contributed by atoms with E-state index in [1.807, 2.05) is 0 Å². The highest BCUT2D eigenvalue weighted by Gasteiger charge is 2.37. The van der Waals surface area contributed by atoms with Gasteiger partial charge >= 0.3 is 11.9 Å². The molecule has 1 aromatic rings. The molecule has 29 heteroatoms. The average Bonchev–Trinajstić information content (AvgIpc) is 3.44. The number of hydrogen-bond acceptors (Lipinski definition) is 17. The minimum atomic E-state index is -1.88. The lowest BCUT2D eigenvalue weighted by Crippen LogP contribution is -2.61. The zero-order valence-electron chi connectivity index (χ0n) is 48.6. The van der Waals surface area contributed by atoms with Crippen molar-refractivity contribution in [1.82, 2.24) is 47.9 Å². The first-order valence-electron chi connectivity index (χ1n) is 28.0. The van der Waals surface area contributed by atoms with Crippen molar-refractivity contribution in [3.8, 4) is 5.75 Å². The molecule has 0 radical (unpaired) electrons. The van der Waals surface area contributed by atoms with Gasteiger partial charge in [-0.3, -0.25) is 52.7 Å². The van der Waals surface area contributed by atoms with Gasteiger partial charge in [0.25, 0.3) is 0 Å². The Labute approximate surface area is 483 Å². The van der Waals surface area contributed by atoms with E-state index in [1.165, 1.54) is 31.2 Å². The van der Waals surface area contributed by atoms with Crippen LogP contribution in [0.3, 0.4) is 0 Å². The van der Waals surface area contributed by atoms with Crippen molar-refractivity contribution in [3.05, 3.63) is 29.8 Å². The van der Waals surface area contributed by atoms with E-state index >= 15 is 0 Å². The minimum absolute atomic E-state index is 0.000745. The quantitative estimate of drug-likeness (QED) is 0.0288. The number of carbonyl (C=O) groups excluding carboxylic acids is 10. The molecule has 468 valence electrons. The van der Waals surface area contributed by atoms with Gasteiger partial charge in [-0.1, -0.05) is 60.1 Å². The molecule has 0 aliphatic heterocycles. The molecule has 0 heterocycles. The number of nitrogens with two attached hydrogens (primary N) is 4. The van der Waals surface area contributed by atoms with Crippen molar-refractivity contribution in [2.75, 3.05) is 19.7 Å². The summed E-state index contributed by atoms with van der Waals surface area (Å²) in [4.78, 5) is 159. The fourth-order valence-corrected chi connectivity index (χ4v) is 8.26. The fraction of sp³-hybridized carbons (Fsp3) is 0.667. The predicted molar refractivity (Wildman–Crippen MR) is 302 cm³/mol. The Hall–Kier alpha value is -7.50. The summed E-state index contributed by atoms with van der Waals surface area (Å²) < 4.78 is 0. The summed E-state index contributed by atoms with van der Waals surface area (Å²) in [6, 6.07) is -8.55. The number of phenols is 1. The number of nitrogens with one attached hydrogen (secondary N) is 9. The number of aliphatic carboxylic acids is 2. The van der Waals surface area contributed by atoms with Crippen molar-refractivity contribution in [2.45, 2.75) is 192 Å². The predicted octanol–water partition coefficient (Wildman–Crippen LogP) is -3.14. The van der Waals surface area contributed by atoms with Crippen LogP contribution in [0.2, 0.25) is 0 Å². The number of carbonyl (C=O) groups is 12. The number of unbranched alkanes of at least 4 members (excludes halogenated alkanes) is 2. The summed E-state index contributed by atoms with van der Waals surface area (Å²) in [5, 5.41) is 61.3. The Bertz CT molecular complexity index is 2320. The van der Waals surface area contributed by atoms with Crippen LogP contribution in [-0.2, 0) is 64.0 Å². The number of aliphatic hydroxyl groups excluding tert-OH is 1. The van der Waals surface area contributed by atoms with Crippen LogP contribution in [0.4, 0.5) is 0 Å². The Morgan fingerprint density at radius 1 is 0.506 bits per heavy atom. The van der Waals surface area contributed by atoms with Crippen molar-refractivity contribution in [1.29, 1.82) is 0 Å². The van der Waals surface area contributed by atoms with Gasteiger partial charge < -0.3 is 91.2 Å². The Balaban J connectivity index is 3.44. The highest BCUT2D eigenvalue weighted by Crippen LogP contribution is 2.16. The molecular weight excluding hydrogens is 1090 g/mol. The largest absolute Gasteiger partial charge is 0.508 e. The second kappa shape index (κ2) is 38.3. The molecule has 0 aliphatic carbocycles. The Kier molecular flexibility index (Phi) is 33.9. The standard InChI is InChI=1S/C54H91N13O16/c1-8-30(6)44(67-51(79)38(25-32-15-17-33(69)18-16-32)63-46(74)34(57)19-20-42(58)70)53(81)61-36(14-10-12-22-56)48(76)60-35(13-9-11-21-55)47(75)59-31(7)45(73)62-37(23-28(2)3)49(77)64-39(26-43(71)72)50(78)66-41(27-68)52(80)65-40(54(82)83)24-29(4)5/h15-18,28-31,34-41,44,68-69H,8-14,19-27,55-57H2,1-7H3,(H2,58,70)(H,59,75)(H,60,76)(H,61,81)(H,62,73)(H,63,74)(H,64,77)(H,65,80)(H,66,78)(H,67,79)(H,71,72)(H,82,83)/t30-,31-,34-,35-,36-,37-,38-,39-,40-,41-,44-/m0/s1. The first kappa shape index (κ1) is 73.5. The van der Waals surface area contributed by atoms with Crippen LogP contribution in [0.5, 0.6) is 5.75 Å². The number of benzene rings is 1. The van der Waals surface area contributed by atoms with Gasteiger partial charge in [0, 0.05) is 12.8 Å². The van der Waals surface area contributed by atoms with Crippen molar-refractivity contribution in [3.63, 3.8) is 0 Å². The summed E-state index contributed by atoms with van der Waals surface area (Å²) in [5.41, 5.74) is 23.3. The number of phenolic OH excluding ortho intramolecular Hbond substituents is 1. The van der Waals surface area contributed by atoms with Crippen molar-refractivity contribution in [2.24, 2.45) is 40.7 Å². The van der Waals surface area contributed by atoms with E-state index in [9.17, 15) is 78.0 Å². The average molecular weight is 1180 g/mol. The van der Waals surface area contributed by atoms with Gasteiger partial charge in [-0.25, -0.2) is 4.79 Å². The number of amides is 10. The number of aromatic hydroxyl groups is 1. The molecule has 0 aromatic heterocycles. The van der Waals surface area contributed by atoms with Crippen LogP contribution >= 0.6 is 0 Å². The number of rotatable bonds is 41. The van der Waals surface area contributed by atoms with Gasteiger partial charge in [0.1, 0.15) is 60.1 Å².